The molecule has 0 nitrogen and oxygen atoms in total. The van der Waals surface area contributed by atoms with Crippen molar-refractivity contribution in [2.45, 2.75) is 0 Å². The summed E-state index contributed by atoms with van der Waals surface area (Å²) in [6.07, 6.45) is 2.49. The van der Waals surface area contributed by atoms with Gasteiger partial charge in [-0.1, -0.05) is 73.0 Å². The van der Waals surface area contributed by atoms with Crippen molar-refractivity contribution in [3.05, 3.63) is 104 Å². The summed E-state index contributed by atoms with van der Waals surface area (Å²) in [5.74, 6) is 6.41. The molecule has 0 spiro atoms. The summed E-state index contributed by atoms with van der Waals surface area (Å²) in [6, 6.07) is 32.4. The number of hydrogen-bond donors (Lipinski definition) is 0. The van der Waals surface area contributed by atoms with Gasteiger partial charge in [0.2, 0.25) is 0 Å². The smallest absolute Gasteiger partial charge is 0.134 e. The average Bonchev–Trinajstić information content (AvgIpc) is 2.68. The van der Waals surface area contributed by atoms with Gasteiger partial charge in [0.05, 0.1) is 0 Å². The second-order valence-electron chi connectivity index (χ2n) is 5.50. The third kappa shape index (κ3) is 4.10. The van der Waals surface area contributed by atoms with Gasteiger partial charge in [0, 0.05) is 0 Å². The summed E-state index contributed by atoms with van der Waals surface area (Å²) in [5, 5.41) is 4.09. The maximum Gasteiger partial charge on any atom is 0.134 e. The zero-order valence-electron chi connectivity index (χ0n) is 14.0. The number of hydrogen-bond acceptors (Lipinski definition) is 0. The van der Waals surface area contributed by atoms with Crippen LogP contribution in [0.3, 0.4) is 0 Å². The zero-order chi connectivity index (χ0) is 16.7. The monoisotopic (exact) mass is 406 g/mol. The third-order valence-electron chi connectivity index (χ3n) is 4.11. The molecule has 3 rings (SSSR count). The first-order valence-electron chi connectivity index (χ1n) is 8.02. The van der Waals surface area contributed by atoms with E-state index >= 15 is 0 Å². The van der Waals surface area contributed by atoms with E-state index in [1.54, 1.807) is 6.08 Å². The van der Waals surface area contributed by atoms with E-state index in [4.69, 9.17) is 0 Å². The quantitative estimate of drug-likeness (QED) is 0.450. The van der Waals surface area contributed by atoms with Crippen LogP contribution in [0.5, 0.6) is 0 Å². The highest BCUT2D eigenvalue weighted by Crippen LogP contribution is 2.54. The second kappa shape index (κ2) is 9.38. The molecule has 0 aliphatic carbocycles. The lowest BCUT2D eigenvalue weighted by atomic mass is 10.4. The van der Waals surface area contributed by atoms with E-state index in [9.17, 15) is 0 Å². The summed E-state index contributed by atoms with van der Waals surface area (Å²) in [5.41, 5.74) is 0. The summed E-state index contributed by atoms with van der Waals surface area (Å²) in [7, 11) is -1.80. The summed E-state index contributed by atoms with van der Waals surface area (Å²) in [4.78, 5) is 0. The van der Waals surface area contributed by atoms with Gasteiger partial charge in [-0.05, 0) is 42.5 Å². The zero-order valence-corrected chi connectivity index (χ0v) is 16.5. The lowest BCUT2D eigenvalue weighted by Crippen LogP contribution is -3.00. The number of allylic oxidation sites excluding steroid dienone is 1. The Hall–Kier alpha value is -2.13. The largest absolute Gasteiger partial charge is 1.00 e. The molecule has 0 radical (unpaired) electrons. The molecule has 0 atom stereocenters. The van der Waals surface area contributed by atoms with Gasteiger partial charge in [-0.15, -0.1) is 0 Å². The molecule has 0 aliphatic heterocycles. The molecule has 0 bridgehead atoms. The normalized spacial score (nSPS) is 10.1. The van der Waals surface area contributed by atoms with Gasteiger partial charge < -0.3 is 17.0 Å². The lowest BCUT2D eigenvalue weighted by molar-refractivity contribution is -0.00000461. The van der Waals surface area contributed by atoms with Gasteiger partial charge in [-0.25, -0.2) is 0 Å². The van der Waals surface area contributed by atoms with Crippen molar-refractivity contribution in [2.24, 2.45) is 0 Å². The minimum Gasteiger partial charge on any atom is -1.00 e. The van der Waals surface area contributed by atoms with Gasteiger partial charge in [0.1, 0.15) is 29.3 Å². The number of halogens is 1. The molecule has 3 aromatic rings. The molecule has 0 unspecified atom stereocenters. The Morgan fingerprint density at radius 2 is 1.04 bits per heavy atom. The van der Waals surface area contributed by atoms with E-state index in [1.807, 2.05) is 0 Å². The maximum atomic E-state index is 3.74. The third-order valence-corrected chi connectivity index (χ3v) is 8.28. The van der Waals surface area contributed by atoms with Gasteiger partial charge >= 0.3 is 0 Å². The summed E-state index contributed by atoms with van der Waals surface area (Å²) < 4.78 is 0. The molecule has 0 heterocycles. The van der Waals surface area contributed by atoms with E-state index in [-0.39, 0.29) is 17.0 Å². The molecule has 0 aliphatic rings. The first-order chi connectivity index (χ1) is 11.9. The van der Waals surface area contributed by atoms with Crippen molar-refractivity contribution in [2.75, 3.05) is 6.16 Å². The van der Waals surface area contributed by atoms with Crippen LogP contribution in [-0.4, -0.2) is 6.16 Å². The first kappa shape index (κ1) is 19.2. The highest BCUT2D eigenvalue weighted by molar-refractivity contribution is 7.95. The van der Waals surface area contributed by atoms with Crippen LogP contribution in [0.2, 0.25) is 0 Å². The maximum absolute atomic E-state index is 3.74. The van der Waals surface area contributed by atoms with Crippen LogP contribution >= 0.6 is 7.26 Å². The van der Waals surface area contributed by atoms with Crippen molar-refractivity contribution in [3.8, 4) is 11.8 Å². The van der Waals surface area contributed by atoms with Crippen LogP contribution in [0.1, 0.15) is 0 Å². The van der Waals surface area contributed by atoms with E-state index in [2.05, 4.69) is 109 Å². The van der Waals surface area contributed by atoms with E-state index in [0.29, 0.717) is 0 Å². The molecular formula is C23H20BrP. The predicted molar refractivity (Wildman–Crippen MR) is 108 cm³/mol. The molecule has 2 heteroatoms. The van der Waals surface area contributed by atoms with Crippen molar-refractivity contribution in [1.29, 1.82) is 0 Å². The first-order valence-corrected chi connectivity index (χ1v) is 9.99. The van der Waals surface area contributed by atoms with E-state index in [0.717, 1.165) is 6.16 Å². The minimum atomic E-state index is -1.80. The standard InChI is InChI=1S/C23H20P.BrH/c1-2-3-13-20-24(21-14-7-4-8-15-21,22-16-9-5-10-17-22)23-18-11-6-12-19-23;/h2,4-12,14-19H,1,20H2;1H/q+1;/p-1. The molecule has 0 N–H and O–H groups in total. The van der Waals surface area contributed by atoms with Crippen LogP contribution in [0, 0.1) is 11.8 Å². The molecule has 0 saturated heterocycles. The summed E-state index contributed by atoms with van der Waals surface area (Å²) >= 11 is 0. The van der Waals surface area contributed by atoms with Crippen LogP contribution in [0.4, 0.5) is 0 Å². The van der Waals surface area contributed by atoms with Crippen LogP contribution in [-0.2, 0) is 0 Å². The minimum absolute atomic E-state index is 0. The van der Waals surface area contributed by atoms with E-state index in [1.165, 1.54) is 15.9 Å². The number of benzene rings is 3. The Labute approximate surface area is 161 Å². The predicted octanol–water partition coefficient (Wildman–Crippen LogP) is 1.17. The number of rotatable bonds is 4. The fourth-order valence-electron chi connectivity index (χ4n) is 3.00. The molecule has 124 valence electrons. The van der Waals surface area contributed by atoms with Gasteiger partial charge in [-0.2, -0.15) is 0 Å². The molecule has 0 fully saturated rings. The van der Waals surface area contributed by atoms with Gasteiger partial charge in [0.15, 0.2) is 0 Å². The topological polar surface area (TPSA) is 0 Å². The SMILES string of the molecule is C=CC#CC[P+](c1ccccc1)(c1ccccc1)c1ccccc1.[Br-]. The molecule has 3 aromatic carbocycles. The Kier molecular flexibility index (Phi) is 7.20. The fourth-order valence-corrected chi connectivity index (χ4v) is 6.82. The lowest BCUT2D eigenvalue weighted by Gasteiger charge is -2.25. The van der Waals surface area contributed by atoms with Crippen molar-refractivity contribution >= 4 is 23.2 Å². The van der Waals surface area contributed by atoms with Gasteiger partial charge in [-0.3, -0.25) is 0 Å². The molecular weight excluding hydrogens is 387 g/mol. The van der Waals surface area contributed by atoms with Crippen LogP contribution in [0.15, 0.2) is 104 Å². The second-order valence-corrected chi connectivity index (χ2v) is 8.98. The molecule has 0 aromatic heterocycles. The molecule has 0 amide bonds. The Morgan fingerprint density at radius 3 is 1.36 bits per heavy atom. The fraction of sp³-hybridized carbons (Fsp3) is 0.0435. The molecule has 25 heavy (non-hydrogen) atoms. The Bertz CT molecular complexity index is 749. The van der Waals surface area contributed by atoms with Gasteiger partial charge in [0.25, 0.3) is 0 Å². The average molecular weight is 407 g/mol. The van der Waals surface area contributed by atoms with E-state index < -0.39 is 7.26 Å². The molecule has 0 saturated carbocycles. The van der Waals surface area contributed by atoms with Crippen molar-refractivity contribution < 1.29 is 17.0 Å². The van der Waals surface area contributed by atoms with Crippen LogP contribution in [0.25, 0.3) is 0 Å². The van der Waals surface area contributed by atoms with Crippen molar-refractivity contribution in [1.82, 2.24) is 0 Å². The highest BCUT2D eigenvalue weighted by atomic mass is 79.9. The Balaban J connectivity index is 0.00000225. The van der Waals surface area contributed by atoms with Crippen LogP contribution < -0.4 is 32.9 Å². The van der Waals surface area contributed by atoms with Crippen molar-refractivity contribution in [3.63, 3.8) is 0 Å². The Morgan fingerprint density at radius 1 is 0.680 bits per heavy atom. The highest BCUT2D eigenvalue weighted by Gasteiger charge is 2.44. The summed E-state index contributed by atoms with van der Waals surface area (Å²) in [6.45, 7) is 3.74.